The highest BCUT2D eigenvalue weighted by Gasteiger charge is 2.35. The van der Waals surface area contributed by atoms with Gasteiger partial charge in [0.05, 0.1) is 0 Å². The number of nitrogens with zero attached hydrogens (tertiary/aromatic N) is 8. The maximum Gasteiger partial charge on any atom is 0.227 e. The lowest BCUT2D eigenvalue weighted by Gasteiger charge is -2.48. The summed E-state index contributed by atoms with van der Waals surface area (Å²) < 4.78 is 0. The van der Waals surface area contributed by atoms with Crippen LogP contribution in [0.5, 0.6) is 0 Å². The molecule has 25 heavy (non-hydrogen) atoms. The molecule has 4 rings (SSSR count). The molecule has 0 spiro atoms. The molecule has 2 aliphatic heterocycles. The average molecular weight is 340 g/mol. The molecule has 8 nitrogen and oxygen atoms in total. The smallest absolute Gasteiger partial charge is 0.227 e. The predicted octanol–water partition coefficient (Wildman–Crippen LogP) is 0.343. The Morgan fingerprint density at radius 2 is 1.56 bits per heavy atom. The van der Waals surface area contributed by atoms with Gasteiger partial charge in [-0.15, -0.1) is 0 Å². The van der Waals surface area contributed by atoms with Crippen molar-refractivity contribution < 1.29 is 0 Å². The van der Waals surface area contributed by atoms with E-state index in [0.29, 0.717) is 6.04 Å². The van der Waals surface area contributed by atoms with Crippen LogP contribution in [0.2, 0.25) is 0 Å². The minimum atomic E-state index is 0.588. The Bertz CT molecular complexity index is 693. The third-order valence-corrected chi connectivity index (χ3v) is 4.90. The number of rotatable bonds is 4. The zero-order chi connectivity index (χ0) is 17.2. The topological polar surface area (TPSA) is 64.5 Å². The monoisotopic (exact) mass is 340 g/mol. The second-order valence-corrected chi connectivity index (χ2v) is 6.74. The van der Waals surface area contributed by atoms with Crippen molar-refractivity contribution in [3.63, 3.8) is 0 Å². The molecule has 4 heterocycles. The van der Waals surface area contributed by atoms with E-state index in [-0.39, 0.29) is 0 Å². The Morgan fingerprint density at radius 1 is 0.880 bits per heavy atom. The van der Waals surface area contributed by atoms with E-state index in [1.54, 1.807) is 12.4 Å². The van der Waals surface area contributed by atoms with Crippen LogP contribution in [0.1, 0.15) is 0 Å². The van der Waals surface area contributed by atoms with E-state index in [1.165, 1.54) is 0 Å². The van der Waals surface area contributed by atoms with Gasteiger partial charge in [0.25, 0.3) is 0 Å². The Labute approximate surface area is 148 Å². The third-order valence-electron chi connectivity index (χ3n) is 4.90. The van der Waals surface area contributed by atoms with Crippen LogP contribution in [0, 0.1) is 0 Å². The fourth-order valence-corrected chi connectivity index (χ4v) is 3.33. The fraction of sp³-hybridized carbons (Fsp3) is 0.529. The number of aromatic nitrogens is 4. The summed E-state index contributed by atoms with van der Waals surface area (Å²) in [6.07, 6.45) is 5.45. The van der Waals surface area contributed by atoms with Gasteiger partial charge in [0, 0.05) is 78.0 Å². The largest absolute Gasteiger partial charge is 0.363 e. The number of hydrogen-bond acceptors (Lipinski definition) is 8. The van der Waals surface area contributed by atoms with E-state index in [9.17, 15) is 0 Å². The summed E-state index contributed by atoms with van der Waals surface area (Å²) in [5, 5.41) is 0. The summed E-state index contributed by atoms with van der Waals surface area (Å²) in [6, 6.07) is 4.38. The van der Waals surface area contributed by atoms with Gasteiger partial charge in [-0.3, -0.25) is 4.90 Å². The summed E-state index contributed by atoms with van der Waals surface area (Å²) in [7, 11) is 4.00. The van der Waals surface area contributed by atoms with Gasteiger partial charge in [-0.05, 0) is 12.1 Å². The molecule has 0 N–H and O–H groups in total. The lowest BCUT2D eigenvalue weighted by molar-refractivity contribution is 0.155. The summed E-state index contributed by atoms with van der Waals surface area (Å²) in [6.45, 7) is 6.06. The van der Waals surface area contributed by atoms with Crippen LogP contribution in [-0.4, -0.2) is 84.2 Å². The zero-order valence-corrected chi connectivity index (χ0v) is 14.8. The molecule has 0 amide bonds. The maximum absolute atomic E-state index is 4.62. The Balaban J connectivity index is 1.30. The molecule has 0 aliphatic carbocycles. The molecular formula is C17H24N8. The van der Waals surface area contributed by atoms with Crippen molar-refractivity contribution in [2.45, 2.75) is 6.04 Å². The number of anilines is 3. The summed E-state index contributed by atoms with van der Waals surface area (Å²) in [5.74, 6) is 2.62. The summed E-state index contributed by atoms with van der Waals surface area (Å²) >= 11 is 0. The Morgan fingerprint density at radius 3 is 2.24 bits per heavy atom. The standard InChI is InChI=1S/C17H24N8/c1-22(2)15-4-7-20-17(21-15)25-12-14(13-25)23-8-10-24(11-9-23)16-18-5-3-6-19-16/h3-7,14H,8-13H2,1-2H3. The first-order chi connectivity index (χ1) is 12.2. The van der Waals surface area contributed by atoms with E-state index in [1.807, 2.05) is 37.3 Å². The lowest BCUT2D eigenvalue weighted by Crippen LogP contribution is -2.63. The van der Waals surface area contributed by atoms with E-state index >= 15 is 0 Å². The van der Waals surface area contributed by atoms with Crippen LogP contribution in [-0.2, 0) is 0 Å². The molecule has 2 fully saturated rings. The van der Waals surface area contributed by atoms with Crippen molar-refractivity contribution in [3.8, 4) is 0 Å². The van der Waals surface area contributed by atoms with E-state index in [0.717, 1.165) is 57.0 Å². The highest BCUT2D eigenvalue weighted by atomic mass is 15.4. The van der Waals surface area contributed by atoms with Gasteiger partial charge in [0.1, 0.15) is 5.82 Å². The average Bonchev–Trinajstić information content (AvgIpc) is 2.62. The van der Waals surface area contributed by atoms with E-state index in [4.69, 9.17) is 0 Å². The molecule has 2 aromatic heterocycles. The second kappa shape index (κ2) is 6.79. The lowest BCUT2D eigenvalue weighted by atomic mass is 10.1. The van der Waals surface area contributed by atoms with Crippen LogP contribution < -0.4 is 14.7 Å². The third kappa shape index (κ3) is 3.34. The normalized spacial score (nSPS) is 19.0. The highest BCUT2D eigenvalue weighted by molar-refractivity contribution is 5.44. The molecular weight excluding hydrogens is 316 g/mol. The fourth-order valence-electron chi connectivity index (χ4n) is 3.33. The minimum Gasteiger partial charge on any atom is -0.363 e. The van der Waals surface area contributed by atoms with Crippen LogP contribution >= 0.6 is 0 Å². The van der Waals surface area contributed by atoms with Gasteiger partial charge in [-0.2, -0.15) is 4.98 Å². The molecule has 0 radical (unpaired) electrons. The summed E-state index contributed by atoms with van der Waals surface area (Å²) in [5.41, 5.74) is 0. The van der Waals surface area contributed by atoms with Crippen LogP contribution in [0.25, 0.3) is 0 Å². The molecule has 0 atom stereocenters. The predicted molar refractivity (Wildman–Crippen MR) is 98.2 cm³/mol. The quantitative estimate of drug-likeness (QED) is 0.790. The van der Waals surface area contributed by atoms with Crippen molar-refractivity contribution in [1.29, 1.82) is 0 Å². The summed E-state index contributed by atoms with van der Waals surface area (Å²) in [4.78, 5) is 26.8. The van der Waals surface area contributed by atoms with Crippen LogP contribution in [0.4, 0.5) is 17.7 Å². The first kappa shape index (κ1) is 16.0. The van der Waals surface area contributed by atoms with Crippen molar-refractivity contribution in [1.82, 2.24) is 24.8 Å². The zero-order valence-electron chi connectivity index (χ0n) is 14.8. The first-order valence-electron chi connectivity index (χ1n) is 8.72. The van der Waals surface area contributed by atoms with Gasteiger partial charge >= 0.3 is 0 Å². The minimum absolute atomic E-state index is 0.588. The van der Waals surface area contributed by atoms with Crippen molar-refractivity contribution in [3.05, 3.63) is 30.7 Å². The number of hydrogen-bond donors (Lipinski definition) is 0. The second-order valence-electron chi connectivity index (χ2n) is 6.74. The molecule has 0 aromatic carbocycles. The molecule has 2 saturated heterocycles. The van der Waals surface area contributed by atoms with Crippen LogP contribution in [0.15, 0.2) is 30.7 Å². The SMILES string of the molecule is CN(C)c1ccnc(N2CC(N3CCN(c4ncccn4)CC3)C2)n1. The molecule has 2 aromatic rings. The molecule has 0 saturated carbocycles. The maximum atomic E-state index is 4.62. The molecule has 132 valence electrons. The van der Waals surface area contributed by atoms with Gasteiger partial charge < -0.3 is 14.7 Å². The molecule has 2 aliphatic rings. The van der Waals surface area contributed by atoms with Gasteiger partial charge in [0.15, 0.2) is 0 Å². The molecule has 0 bridgehead atoms. The Kier molecular flexibility index (Phi) is 4.35. The first-order valence-corrected chi connectivity index (χ1v) is 8.72. The molecule has 0 unspecified atom stereocenters. The highest BCUT2D eigenvalue weighted by Crippen LogP contribution is 2.23. The van der Waals surface area contributed by atoms with Crippen molar-refractivity contribution in [2.75, 3.05) is 68.1 Å². The van der Waals surface area contributed by atoms with E-state index in [2.05, 4.69) is 34.6 Å². The van der Waals surface area contributed by atoms with E-state index < -0.39 is 0 Å². The molecule has 8 heteroatoms. The Hall–Kier alpha value is -2.48. The van der Waals surface area contributed by atoms with Crippen molar-refractivity contribution in [2.24, 2.45) is 0 Å². The van der Waals surface area contributed by atoms with Crippen LogP contribution in [0.3, 0.4) is 0 Å². The van der Waals surface area contributed by atoms with Gasteiger partial charge in [-0.25, -0.2) is 15.0 Å². The van der Waals surface area contributed by atoms with Gasteiger partial charge in [-0.1, -0.05) is 0 Å². The number of piperazine rings is 1. The van der Waals surface area contributed by atoms with Crippen molar-refractivity contribution >= 4 is 17.7 Å². The van der Waals surface area contributed by atoms with Gasteiger partial charge in [0.2, 0.25) is 11.9 Å².